The number of Topliss-reactive ketones (excluding diaryl/α,β-unsaturated/α-hetero) is 1. The summed E-state index contributed by atoms with van der Waals surface area (Å²) in [6, 6.07) is 18.7. The molecule has 1 unspecified atom stereocenters. The number of anilines is 1. The van der Waals surface area contributed by atoms with E-state index in [0.717, 1.165) is 5.56 Å². The molecule has 3 aromatic rings. The summed E-state index contributed by atoms with van der Waals surface area (Å²) >= 11 is 12.5. The zero-order valence-electron chi connectivity index (χ0n) is 19.8. The van der Waals surface area contributed by atoms with Crippen LogP contribution in [0.1, 0.15) is 43.5 Å². The van der Waals surface area contributed by atoms with Gasteiger partial charge < -0.3 is 9.84 Å². The van der Waals surface area contributed by atoms with Crippen LogP contribution in [0.3, 0.4) is 0 Å². The Bertz CT molecular complexity index is 1300. The average Bonchev–Trinajstić information content (AvgIpc) is 3.09. The molecule has 5 nitrogen and oxygen atoms in total. The van der Waals surface area contributed by atoms with Crippen molar-refractivity contribution in [2.24, 2.45) is 0 Å². The molecule has 0 radical (unpaired) electrons. The van der Waals surface area contributed by atoms with Crippen molar-refractivity contribution >= 4 is 46.3 Å². The maximum absolute atomic E-state index is 13.3. The van der Waals surface area contributed by atoms with Crippen LogP contribution in [0.5, 0.6) is 5.75 Å². The molecule has 7 heteroatoms. The van der Waals surface area contributed by atoms with Gasteiger partial charge in [-0.05, 0) is 40.8 Å². The lowest BCUT2D eigenvalue weighted by Gasteiger charge is -2.26. The highest BCUT2D eigenvalue weighted by Gasteiger charge is 2.47. The Labute approximate surface area is 214 Å². The van der Waals surface area contributed by atoms with Crippen LogP contribution in [0, 0.1) is 0 Å². The number of aliphatic hydroxyl groups excluding tert-OH is 1. The summed E-state index contributed by atoms with van der Waals surface area (Å²) in [6.45, 7) is 6.30. The lowest BCUT2D eigenvalue weighted by atomic mass is 9.87. The first-order chi connectivity index (χ1) is 16.5. The monoisotopic (exact) mass is 509 g/mol. The topological polar surface area (TPSA) is 66.8 Å². The number of hydrogen-bond acceptors (Lipinski definition) is 4. The third-order valence-electron chi connectivity index (χ3n) is 6.05. The maximum Gasteiger partial charge on any atom is 0.300 e. The number of hydrogen-bond donors (Lipinski definition) is 1. The van der Waals surface area contributed by atoms with Crippen molar-refractivity contribution in [2.75, 3.05) is 12.0 Å². The molecule has 1 saturated heterocycles. The van der Waals surface area contributed by atoms with Gasteiger partial charge in [0, 0.05) is 11.3 Å². The fraction of sp³-hybridized carbons (Fsp3) is 0.214. The Morgan fingerprint density at radius 1 is 0.943 bits per heavy atom. The van der Waals surface area contributed by atoms with Gasteiger partial charge in [-0.2, -0.15) is 0 Å². The third-order valence-corrected chi connectivity index (χ3v) is 6.61. The molecule has 1 amide bonds. The highest BCUT2D eigenvalue weighted by Crippen LogP contribution is 2.44. The van der Waals surface area contributed by atoms with Crippen LogP contribution in [0.25, 0.3) is 5.76 Å². The number of carbonyl (C=O) groups is 2. The van der Waals surface area contributed by atoms with E-state index in [2.05, 4.69) is 20.8 Å². The van der Waals surface area contributed by atoms with E-state index in [4.69, 9.17) is 27.9 Å². The van der Waals surface area contributed by atoms with Gasteiger partial charge in [0.05, 0.1) is 28.8 Å². The van der Waals surface area contributed by atoms with E-state index in [1.54, 1.807) is 0 Å². The van der Waals surface area contributed by atoms with E-state index >= 15 is 0 Å². The van der Waals surface area contributed by atoms with Crippen LogP contribution in [0.4, 0.5) is 5.69 Å². The van der Waals surface area contributed by atoms with Crippen LogP contribution in [-0.4, -0.2) is 23.9 Å². The predicted octanol–water partition coefficient (Wildman–Crippen LogP) is 6.93. The van der Waals surface area contributed by atoms with Crippen molar-refractivity contribution in [3.63, 3.8) is 0 Å². The second kappa shape index (κ2) is 9.40. The lowest BCUT2D eigenvalue weighted by molar-refractivity contribution is -0.132. The molecule has 4 rings (SSSR count). The Kier molecular flexibility index (Phi) is 6.67. The minimum atomic E-state index is -0.837. The molecule has 0 aliphatic carbocycles. The zero-order valence-corrected chi connectivity index (χ0v) is 21.3. The number of carbonyl (C=O) groups excluding carboxylic acids is 2. The van der Waals surface area contributed by atoms with Gasteiger partial charge in [-0.1, -0.05) is 86.4 Å². The number of methoxy groups -OCH3 is 1. The molecule has 1 aliphatic heterocycles. The molecule has 35 heavy (non-hydrogen) atoms. The van der Waals surface area contributed by atoms with Crippen molar-refractivity contribution in [2.45, 2.75) is 32.2 Å². The summed E-state index contributed by atoms with van der Waals surface area (Å²) in [6.07, 6.45) is 0. The van der Waals surface area contributed by atoms with Crippen molar-refractivity contribution in [1.29, 1.82) is 0 Å². The molecule has 0 saturated carbocycles. The van der Waals surface area contributed by atoms with E-state index in [9.17, 15) is 14.7 Å². The molecular weight excluding hydrogens is 485 g/mol. The molecule has 1 fully saturated rings. The number of aliphatic hydroxyl groups is 1. The van der Waals surface area contributed by atoms with E-state index in [0.29, 0.717) is 11.3 Å². The molecule has 3 aromatic carbocycles. The second-order valence-corrected chi connectivity index (χ2v) is 10.2. The van der Waals surface area contributed by atoms with Gasteiger partial charge in [0.25, 0.3) is 11.7 Å². The number of amides is 1. The van der Waals surface area contributed by atoms with Gasteiger partial charge >= 0.3 is 0 Å². The quantitative estimate of drug-likeness (QED) is 0.235. The van der Waals surface area contributed by atoms with Gasteiger partial charge in [-0.3, -0.25) is 14.5 Å². The van der Waals surface area contributed by atoms with Gasteiger partial charge in [0.1, 0.15) is 5.76 Å². The average molecular weight is 510 g/mol. The molecule has 180 valence electrons. The molecule has 0 aromatic heterocycles. The van der Waals surface area contributed by atoms with Crippen LogP contribution in [-0.2, 0) is 15.0 Å². The number of rotatable bonds is 4. The van der Waals surface area contributed by atoms with E-state index in [1.807, 2.05) is 54.6 Å². The number of ketones is 1. The summed E-state index contributed by atoms with van der Waals surface area (Å²) in [7, 11) is 1.43. The third kappa shape index (κ3) is 4.54. The van der Waals surface area contributed by atoms with E-state index in [1.165, 1.54) is 24.1 Å². The molecule has 1 aliphatic rings. The molecule has 1 heterocycles. The number of halogens is 2. The lowest BCUT2D eigenvalue weighted by Crippen LogP contribution is -2.29. The zero-order chi connectivity index (χ0) is 25.5. The highest BCUT2D eigenvalue weighted by atomic mass is 35.5. The van der Waals surface area contributed by atoms with E-state index < -0.39 is 17.7 Å². The summed E-state index contributed by atoms with van der Waals surface area (Å²) in [5, 5.41) is 11.6. The summed E-state index contributed by atoms with van der Waals surface area (Å²) < 4.78 is 5.18. The van der Waals surface area contributed by atoms with Gasteiger partial charge in [0.15, 0.2) is 5.75 Å². The van der Waals surface area contributed by atoms with Crippen molar-refractivity contribution in [1.82, 2.24) is 0 Å². The Morgan fingerprint density at radius 3 is 2.03 bits per heavy atom. The fourth-order valence-electron chi connectivity index (χ4n) is 4.22. The van der Waals surface area contributed by atoms with Crippen LogP contribution in [0.2, 0.25) is 10.0 Å². The minimum Gasteiger partial charge on any atom is -0.507 e. The smallest absolute Gasteiger partial charge is 0.300 e. The standard InChI is InChI=1S/C28H25Cl2NO4/c1-28(2,3)18-10-12-19(13-11-18)31-23(16-8-6-5-7-9-16)22(25(33)27(31)34)24(32)17-14-20(29)26(35-4)21(30)15-17/h5-15,23,32H,1-4H3/b24-22+. The first kappa shape index (κ1) is 24.8. The van der Waals surface area contributed by atoms with Crippen molar-refractivity contribution in [3.8, 4) is 5.75 Å². The van der Waals surface area contributed by atoms with E-state index in [-0.39, 0.29) is 38.1 Å². The SMILES string of the molecule is COc1c(Cl)cc(/C(O)=C2\C(=O)C(=O)N(c3ccc(C(C)(C)C)cc3)C2c2ccccc2)cc1Cl. The van der Waals surface area contributed by atoms with Crippen LogP contribution < -0.4 is 9.64 Å². The number of ether oxygens (including phenoxy) is 1. The molecule has 0 bridgehead atoms. The predicted molar refractivity (Wildman–Crippen MR) is 139 cm³/mol. The molecule has 1 N–H and O–H groups in total. The first-order valence-electron chi connectivity index (χ1n) is 11.0. The second-order valence-electron chi connectivity index (χ2n) is 9.35. The maximum atomic E-state index is 13.3. The van der Waals surface area contributed by atoms with Crippen molar-refractivity contribution in [3.05, 3.63) is 99.0 Å². The molecular formula is C28H25Cl2NO4. The summed E-state index contributed by atoms with van der Waals surface area (Å²) in [4.78, 5) is 28.0. The minimum absolute atomic E-state index is 0.0431. The van der Waals surface area contributed by atoms with Crippen molar-refractivity contribution < 1.29 is 19.4 Å². The molecule has 0 spiro atoms. The highest BCUT2D eigenvalue weighted by molar-refractivity contribution is 6.51. The van der Waals surface area contributed by atoms with Crippen LogP contribution >= 0.6 is 23.2 Å². The summed E-state index contributed by atoms with van der Waals surface area (Å²) in [5.74, 6) is -1.63. The largest absolute Gasteiger partial charge is 0.507 e. The fourth-order valence-corrected chi connectivity index (χ4v) is 4.86. The van der Waals surface area contributed by atoms with Gasteiger partial charge in [-0.15, -0.1) is 0 Å². The normalized spacial score (nSPS) is 17.7. The number of benzene rings is 3. The first-order valence-corrected chi connectivity index (χ1v) is 11.8. The van der Waals surface area contributed by atoms with Gasteiger partial charge in [-0.25, -0.2) is 0 Å². The Hall–Kier alpha value is -3.28. The molecule has 1 atom stereocenters. The van der Waals surface area contributed by atoms with Gasteiger partial charge in [0.2, 0.25) is 0 Å². The summed E-state index contributed by atoms with van der Waals surface area (Å²) in [5.41, 5.74) is 2.42. The van der Waals surface area contributed by atoms with Crippen LogP contribution in [0.15, 0.2) is 72.3 Å². The Balaban J connectivity index is 1.91. The number of nitrogens with zero attached hydrogens (tertiary/aromatic N) is 1. The Morgan fingerprint density at radius 2 is 1.51 bits per heavy atom.